The number of hydrogen-bond acceptors (Lipinski definition) is 4. The molecule has 1 aromatic heterocycles. The Hall–Kier alpha value is 0.194. The van der Waals surface area contributed by atoms with E-state index in [0.717, 1.165) is 11.3 Å². The summed E-state index contributed by atoms with van der Waals surface area (Å²) >= 11 is 0.939. The molecule has 2 atom stereocenters. The summed E-state index contributed by atoms with van der Waals surface area (Å²) in [5, 5.41) is 19.1. The first-order chi connectivity index (χ1) is 10.5. The maximum absolute atomic E-state index is 12.5. The zero-order valence-corrected chi connectivity index (χ0v) is 14.9. The number of alkyl halides is 6. The van der Waals surface area contributed by atoms with E-state index >= 15 is 0 Å². The number of thiazole rings is 1. The maximum atomic E-state index is 12.5. The van der Waals surface area contributed by atoms with E-state index < -0.39 is 36.9 Å². The minimum atomic E-state index is -5.66. The predicted molar refractivity (Wildman–Crippen MR) is 70.8 cm³/mol. The van der Waals surface area contributed by atoms with Crippen molar-refractivity contribution in [2.24, 2.45) is 5.92 Å². The topological polar surface area (TPSA) is 53.4 Å². The van der Waals surface area contributed by atoms with Crippen molar-refractivity contribution in [2.45, 2.75) is 31.0 Å². The normalized spacial score (nSPS) is 15.4. The molecule has 2 N–H and O–H groups in total. The number of halogens is 6. The second kappa shape index (κ2) is 8.26. The van der Waals surface area contributed by atoms with Gasteiger partial charge in [0.05, 0.1) is 16.3 Å². The van der Waals surface area contributed by atoms with Gasteiger partial charge in [0.15, 0.2) is 5.92 Å². The molecule has 1 aromatic carbocycles. The Labute approximate surface area is 177 Å². The molecule has 0 aliphatic rings. The van der Waals surface area contributed by atoms with E-state index in [1.807, 2.05) is 0 Å². The Morgan fingerprint density at radius 3 is 2.04 bits per heavy atom. The molecule has 2 aromatic rings. The van der Waals surface area contributed by atoms with Crippen LogP contribution < -0.4 is 0 Å². The Bertz CT molecular complexity index is 627. The Morgan fingerprint density at radius 2 is 1.54 bits per heavy atom. The zero-order valence-electron chi connectivity index (χ0n) is 11.6. The largest absolute Gasteiger partial charge is 0.403 e. The summed E-state index contributed by atoms with van der Waals surface area (Å²) in [6, 6.07) is 6.56. The summed E-state index contributed by atoms with van der Waals surface area (Å²) in [5.74, 6) is -3.92. The fraction of sp³-hybridized carbons (Fsp3) is 0.462. The van der Waals surface area contributed by atoms with Crippen LogP contribution in [0.2, 0.25) is 0 Å². The van der Waals surface area contributed by atoms with Gasteiger partial charge in [0.1, 0.15) is 11.1 Å². The molecular weight excluding hydrogens is 500 g/mol. The van der Waals surface area contributed by atoms with E-state index in [1.165, 1.54) is 0 Å². The van der Waals surface area contributed by atoms with Gasteiger partial charge in [-0.05, 0) is 12.1 Å². The number of nitrogens with zero attached hydrogens (tertiary/aromatic N) is 1. The summed E-state index contributed by atoms with van der Waals surface area (Å²) in [5.41, 5.74) is 0.462. The number of rotatable bonds is 4. The van der Waals surface area contributed by atoms with Crippen LogP contribution in [0.3, 0.4) is 0 Å². The van der Waals surface area contributed by atoms with Crippen LogP contribution in [0.15, 0.2) is 24.3 Å². The van der Waals surface area contributed by atoms with Gasteiger partial charge >= 0.3 is 12.4 Å². The van der Waals surface area contributed by atoms with Crippen LogP contribution >= 0.6 is 11.3 Å². The molecule has 0 saturated carbocycles. The molecule has 2 rings (SSSR count). The van der Waals surface area contributed by atoms with E-state index in [-0.39, 0.29) is 54.4 Å². The van der Waals surface area contributed by atoms with Gasteiger partial charge < -0.3 is 10.2 Å². The van der Waals surface area contributed by atoms with Gasteiger partial charge in [-0.3, -0.25) is 0 Å². The summed E-state index contributed by atoms with van der Waals surface area (Å²) in [6.45, 7) is 0. The Kier molecular flexibility index (Phi) is 7.65. The monoisotopic (exact) mass is 512 g/mol. The molecule has 0 fully saturated rings. The fourth-order valence-electron chi connectivity index (χ4n) is 2.12. The van der Waals surface area contributed by atoms with Gasteiger partial charge in [0.2, 0.25) is 0 Å². The number of para-hydroxylation sites is 1. The molecule has 2 unspecified atom stereocenters. The Morgan fingerprint density at radius 1 is 1.00 bits per heavy atom. The van der Waals surface area contributed by atoms with E-state index in [2.05, 4.69) is 4.98 Å². The van der Waals surface area contributed by atoms with E-state index in [0.29, 0.717) is 10.2 Å². The number of benzene rings is 1. The minimum Gasteiger partial charge on any atom is -0.392 e. The molecule has 3 nitrogen and oxygen atoms in total. The van der Waals surface area contributed by atoms with E-state index in [4.69, 9.17) is 0 Å². The van der Waals surface area contributed by atoms with Gasteiger partial charge in [-0.25, -0.2) is 4.98 Å². The van der Waals surface area contributed by atoms with Crippen LogP contribution in [0.25, 0.3) is 10.2 Å². The molecule has 11 heteroatoms. The summed E-state index contributed by atoms with van der Waals surface area (Å²) in [4.78, 5) is 3.94. The van der Waals surface area contributed by atoms with Crippen molar-refractivity contribution in [3.05, 3.63) is 29.3 Å². The third kappa shape index (κ3) is 5.34. The Balaban J connectivity index is 0.00000288. The van der Waals surface area contributed by atoms with Crippen molar-refractivity contribution in [2.75, 3.05) is 0 Å². The number of aliphatic hydroxyl groups excluding tert-OH is 2. The van der Waals surface area contributed by atoms with Gasteiger partial charge in [-0.1, -0.05) is 12.1 Å². The van der Waals surface area contributed by atoms with Crippen molar-refractivity contribution in [3.63, 3.8) is 0 Å². The number of aliphatic hydroxyl groups is 2. The van der Waals surface area contributed by atoms with Crippen LogP contribution in [-0.2, 0) is 0 Å². The van der Waals surface area contributed by atoms with Crippen molar-refractivity contribution in [3.8, 4) is 0 Å². The average molecular weight is 511 g/mol. The van der Waals surface area contributed by atoms with Gasteiger partial charge in [0.25, 0.3) is 0 Å². The minimum absolute atomic E-state index is 0. The SMILES string of the molecule is OC(CC(O)C(C(F)(F)F)C(F)(F)F)c1nc2ccccc2s1.[Eu]. The molecule has 1 radical (unpaired) electrons. The first kappa shape index (κ1) is 22.2. The van der Waals surface area contributed by atoms with Crippen LogP contribution in [0.1, 0.15) is 17.5 Å². The van der Waals surface area contributed by atoms with Crippen LogP contribution in [0.4, 0.5) is 26.3 Å². The summed E-state index contributed by atoms with van der Waals surface area (Å²) < 4.78 is 75.7. The smallest absolute Gasteiger partial charge is 0.392 e. The zero-order chi connectivity index (χ0) is 17.4. The van der Waals surface area contributed by atoms with Gasteiger partial charge in [-0.2, -0.15) is 26.3 Å². The third-order valence-electron chi connectivity index (χ3n) is 3.15. The average Bonchev–Trinajstić information content (AvgIpc) is 2.78. The van der Waals surface area contributed by atoms with Crippen molar-refractivity contribution >= 4 is 21.6 Å². The summed E-state index contributed by atoms with van der Waals surface area (Å²) in [7, 11) is 0. The second-order valence-electron chi connectivity index (χ2n) is 4.90. The van der Waals surface area contributed by atoms with Crippen molar-refractivity contribution in [1.29, 1.82) is 0 Å². The van der Waals surface area contributed by atoms with E-state index in [9.17, 15) is 36.6 Å². The van der Waals surface area contributed by atoms with Gasteiger partial charge in [0, 0.05) is 55.8 Å². The predicted octanol–water partition coefficient (Wildman–Crippen LogP) is 3.82. The number of hydrogen-bond donors (Lipinski definition) is 2. The molecule has 0 aliphatic carbocycles. The molecule has 1 heterocycles. The second-order valence-corrected chi connectivity index (χ2v) is 5.96. The van der Waals surface area contributed by atoms with Gasteiger partial charge in [-0.15, -0.1) is 11.3 Å². The molecule has 0 aliphatic heterocycles. The molecule has 0 amide bonds. The molecular formula is C13H11EuF6NO2S. The van der Waals surface area contributed by atoms with E-state index in [1.54, 1.807) is 24.3 Å². The van der Waals surface area contributed by atoms with Crippen LogP contribution in [0.5, 0.6) is 0 Å². The number of aromatic nitrogens is 1. The quantitative estimate of drug-likeness (QED) is 0.615. The molecule has 0 spiro atoms. The third-order valence-corrected chi connectivity index (χ3v) is 4.29. The fourth-order valence-corrected chi connectivity index (χ4v) is 3.09. The van der Waals surface area contributed by atoms with Crippen molar-refractivity contribution in [1.82, 2.24) is 4.98 Å². The molecule has 0 bridgehead atoms. The molecule has 0 saturated heterocycles. The molecule has 135 valence electrons. The number of fused-ring (bicyclic) bond motifs is 1. The maximum Gasteiger partial charge on any atom is 0.403 e. The standard InChI is InChI=1S/C13H11F6NO2S.Eu/c14-12(15,16)10(13(17,18)19)7(21)5-8(22)11-20-6-3-1-2-4-9(6)23-11;/h1-4,7-8,10,21-22H,5H2;. The first-order valence-electron chi connectivity index (χ1n) is 6.35. The first-order valence-corrected chi connectivity index (χ1v) is 7.17. The summed E-state index contributed by atoms with van der Waals surface area (Å²) in [6.07, 6.45) is -17.0. The van der Waals surface area contributed by atoms with Crippen molar-refractivity contribution < 1.29 is 85.9 Å². The van der Waals surface area contributed by atoms with Crippen LogP contribution in [-0.4, -0.2) is 33.7 Å². The van der Waals surface area contributed by atoms with Crippen LogP contribution in [0, 0.1) is 55.3 Å². The molecule has 24 heavy (non-hydrogen) atoms.